The van der Waals surface area contributed by atoms with Gasteiger partial charge in [-0.25, -0.2) is 0 Å². The fraction of sp³-hybridized carbons (Fsp3) is 0.143. The Balaban J connectivity index is 1.15. The molecular weight excluding hydrogens is 617 g/mol. The van der Waals surface area contributed by atoms with Crippen molar-refractivity contribution < 1.29 is 0 Å². The standard InChI is InChI=1S/C49H42N2/c1-48(2,3)35-22-26-38(27-23-35)50(39-28-29-45-42(32-39)40-15-9-11-17-44(40)49(45,4)5)37-24-19-33(20-25-37)34-21-30-47-43(31-34)41-16-10-12-18-46(41)51(47)36-13-7-6-8-14-36/h6-32H,1-5H3. The van der Waals surface area contributed by atoms with Gasteiger partial charge in [-0.1, -0.05) is 132 Å². The van der Waals surface area contributed by atoms with Crippen molar-refractivity contribution in [3.63, 3.8) is 0 Å². The lowest BCUT2D eigenvalue weighted by Crippen LogP contribution is -2.15. The molecule has 51 heavy (non-hydrogen) atoms. The second-order valence-corrected chi connectivity index (χ2v) is 15.5. The summed E-state index contributed by atoms with van der Waals surface area (Å²) >= 11 is 0. The molecule has 0 saturated heterocycles. The smallest absolute Gasteiger partial charge is 0.0541 e. The molecule has 248 valence electrons. The first-order chi connectivity index (χ1) is 24.7. The molecule has 8 aromatic rings. The molecule has 0 amide bonds. The molecule has 1 aliphatic carbocycles. The topological polar surface area (TPSA) is 8.17 Å². The number of nitrogens with zero attached hydrogens (tertiary/aromatic N) is 2. The zero-order valence-electron chi connectivity index (χ0n) is 30.0. The molecule has 7 aromatic carbocycles. The van der Waals surface area contributed by atoms with Gasteiger partial charge in [0.05, 0.1) is 11.0 Å². The molecule has 0 aliphatic heterocycles. The van der Waals surface area contributed by atoms with E-state index in [1.54, 1.807) is 0 Å². The number of anilines is 3. The zero-order chi connectivity index (χ0) is 34.9. The van der Waals surface area contributed by atoms with Crippen molar-refractivity contribution in [2.75, 3.05) is 4.90 Å². The molecule has 2 heteroatoms. The molecule has 1 heterocycles. The van der Waals surface area contributed by atoms with Crippen molar-refractivity contribution >= 4 is 38.9 Å². The van der Waals surface area contributed by atoms with Gasteiger partial charge in [-0.3, -0.25) is 0 Å². The Morgan fingerprint density at radius 2 is 1.06 bits per heavy atom. The number of fused-ring (bicyclic) bond motifs is 6. The number of para-hydroxylation sites is 2. The van der Waals surface area contributed by atoms with Crippen molar-refractivity contribution in [2.24, 2.45) is 0 Å². The highest BCUT2D eigenvalue weighted by atomic mass is 15.1. The highest BCUT2D eigenvalue weighted by molar-refractivity contribution is 6.10. The summed E-state index contributed by atoms with van der Waals surface area (Å²) in [7, 11) is 0. The van der Waals surface area contributed by atoms with Gasteiger partial charge in [0.25, 0.3) is 0 Å². The third-order valence-electron chi connectivity index (χ3n) is 11.0. The largest absolute Gasteiger partial charge is 0.310 e. The molecule has 0 spiro atoms. The van der Waals surface area contributed by atoms with Crippen LogP contribution in [0.15, 0.2) is 164 Å². The third-order valence-corrected chi connectivity index (χ3v) is 11.0. The van der Waals surface area contributed by atoms with Crippen LogP contribution in [0.25, 0.3) is 49.7 Å². The lowest BCUT2D eigenvalue weighted by molar-refractivity contribution is 0.590. The van der Waals surface area contributed by atoms with E-state index in [9.17, 15) is 0 Å². The summed E-state index contributed by atoms with van der Waals surface area (Å²) in [6.45, 7) is 11.5. The average molecular weight is 659 g/mol. The number of rotatable bonds is 5. The van der Waals surface area contributed by atoms with E-state index in [1.807, 2.05) is 0 Å². The summed E-state index contributed by atoms with van der Waals surface area (Å²) in [6.07, 6.45) is 0. The van der Waals surface area contributed by atoms with E-state index in [0.717, 1.165) is 17.1 Å². The van der Waals surface area contributed by atoms with Crippen molar-refractivity contribution in [1.29, 1.82) is 0 Å². The van der Waals surface area contributed by atoms with E-state index < -0.39 is 0 Å². The predicted molar refractivity (Wildman–Crippen MR) is 217 cm³/mol. The Morgan fingerprint density at radius 3 is 1.80 bits per heavy atom. The second kappa shape index (κ2) is 11.6. The van der Waals surface area contributed by atoms with E-state index in [2.05, 4.69) is 208 Å². The van der Waals surface area contributed by atoms with E-state index in [0.29, 0.717) is 0 Å². The van der Waals surface area contributed by atoms with Crippen molar-refractivity contribution in [1.82, 2.24) is 4.57 Å². The molecule has 0 unspecified atom stereocenters. The van der Waals surface area contributed by atoms with Crippen molar-refractivity contribution in [3.8, 4) is 27.9 Å². The van der Waals surface area contributed by atoms with Gasteiger partial charge < -0.3 is 9.47 Å². The molecule has 1 aromatic heterocycles. The first-order valence-electron chi connectivity index (χ1n) is 18.0. The van der Waals surface area contributed by atoms with Crippen molar-refractivity contribution in [2.45, 2.75) is 45.4 Å². The van der Waals surface area contributed by atoms with Crippen LogP contribution in [0.3, 0.4) is 0 Å². The molecule has 1 aliphatic rings. The minimum atomic E-state index is -0.0280. The van der Waals surface area contributed by atoms with Gasteiger partial charge in [-0.15, -0.1) is 0 Å². The van der Waals surface area contributed by atoms with Gasteiger partial charge in [-0.05, 0) is 111 Å². The quantitative estimate of drug-likeness (QED) is 0.179. The molecule has 0 saturated carbocycles. The highest BCUT2D eigenvalue weighted by Crippen LogP contribution is 2.50. The summed E-state index contributed by atoms with van der Waals surface area (Å²) in [5.41, 5.74) is 16.3. The van der Waals surface area contributed by atoms with Gasteiger partial charge in [0.1, 0.15) is 0 Å². The SMILES string of the molecule is CC(C)(C)c1ccc(N(c2ccc(-c3ccc4c(c3)c3ccccc3n4-c3ccccc3)cc2)c2ccc3c(c2)-c2ccccc2C3(C)C)cc1. The van der Waals surface area contributed by atoms with Crippen molar-refractivity contribution in [3.05, 3.63) is 180 Å². The second-order valence-electron chi connectivity index (χ2n) is 15.5. The van der Waals surface area contributed by atoms with E-state index in [4.69, 9.17) is 0 Å². The number of hydrogen-bond donors (Lipinski definition) is 0. The van der Waals surface area contributed by atoms with E-state index >= 15 is 0 Å². The van der Waals surface area contributed by atoms with Gasteiger partial charge >= 0.3 is 0 Å². The maximum absolute atomic E-state index is 2.40. The van der Waals surface area contributed by atoms with Crippen LogP contribution in [0.5, 0.6) is 0 Å². The number of hydrogen-bond acceptors (Lipinski definition) is 1. The Labute approximate surface area is 301 Å². The lowest BCUT2D eigenvalue weighted by atomic mass is 9.82. The molecule has 0 fully saturated rings. The van der Waals surface area contributed by atoms with Gasteiger partial charge in [0.2, 0.25) is 0 Å². The minimum Gasteiger partial charge on any atom is -0.310 e. The Kier molecular flexibility index (Phi) is 7.09. The van der Waals surface area contributed by atoms with Gasteiger partial charge in [0, 0.05) is 38.9 Å². The molecule has 9 rings (SSSR count). The van der Waals surface area contributed by atoms with Crippen LogP contribution >= 0.6 is 0 Å². The Hall–Kier alpha value is -5.86. The van der Waals surface area contributed by atoms with Crippen LogP contribution in [0.1, 0.15) is 51.3 Å². The fourth-order valence-electron chi connectivity index (χ4n) is 8.22. The van der Waals surface area contributed by atoms with Crippen LogP contribution in [-0.4, -0.2) is 4.57 Å². The molecular formula is C49H42N2. The van der Waals surface area contributed by atoms with Crippen LogP contribution in [0, 0.1) is 0 Å². The summed E-state index contributed by atoms with van der Waals surface area (Å²) in [5.74, 6) is 0. The third kappa shape index (κ3) is 5.09. The maximum atomic E-state index is 2.40. The maximum Gasteiger partial charge on any atom is 0.0541 e. The highest BCUT2D eigenvalue weighted by Gasteiger charge is 2.35. The number of benzene rings is 7. The molecule has 0 N–H and O–H groups in total. The first-order valence-corrected chi connectivity index (χ1v) is 18.0. The molecule has 2 nitrogen and oxygen atoms in total. The van der Waals surface area contributed by atoms with Crippen LogP contribution < -0.4 is 4.90 Å². The normalized spacial score (nSPS) is 13.4. The summed E-state index contributed by atoms with van der Waals surface area (Å²) < 4.78 is 2.37. The van der Waals surface area contributed by atoms with Crippen LogP contribution in [-0.2, 0) is 10.8 Å². The minimum absolute atomic E-state index is 0.0280. The van der Waals surface area contributed by atoms with Gasteiger partial charge in [-0.2, -0.15) is 0 Å². The monoisotopic (exact) mass is 658 g/mol. The molecule has 0 atom stereocenters. The lowest BCUT2D eigenvalue weighted by Gasteiger charge is -2.28. The Morgan fingerprint density at radius 1 is 0.471 bits per heavy atom. The summed E-state index contributed by atoms with van der Waals surface area (Å²) in [5, 5.41) is 2.53. The van der Waals surface area contributed by atoms with E-state index in [-0.39, 0.29) is 10.8 Å². The summed E-state index contributed by atoms with van der Waals surface area (Å²) in [6, 6.07) is 60.4. The first kappa shape index (κ1) is 31.1. The molecule has 0 radical (unpaired) electrons. The van der Waals surface area contributed by atoms with Crippen LogP contribution in [0.2, 0.25) is 0 Å². The van der Waals surface area contributed by atoms with E-state index in [1.165, 1.54) is 66.4 Å². The summed E-state index contributed by atoms with van der Waals surface area (Å²) in [4.78, 5) is 2.40. The Bertz CT molecular complexity index is 2560. The van der Waals surface area contributed by atoms with Crippen LogP contribution in [0.4, 0.5) is 17.1 Å². The zero-order valence-corrected chi connectivity index (χ0v) is 30.0. The predicted octanol–water partition coefficient (Wildman–Crippen LogP) is 13.5. The van der Waals surface area contributed by atoms with Gasteiger partial charge in [0.15, 0.2) is 0 Å². The average Bonchev–Trinajstić information content (AvgIpc) is 3.60. The fourth-order valence-corrected chi connectivity index (χ4v) is 8.22. The molecule has 0 bridgehead atoms. The number of aromatic nitrogens is 1.